The fourth-order valence-electron chi connectivity index (χ4n) is 3.08. The van der Waals surface area contributed by atoms with Crippen LogP contribution in [0.3, 0.4) is 0 Å². The third kappa shape index (κ3) is 2.53. The summed E-state index contributed by atoms with van der Waals surface area (Å²) in [6.07, 6.45) is 4.19. The Kier molecular flexibility index (Phi) is 3.67. The van der Waals surface area contributed by atoms with Crippen LogP contribution in [0.15, 0.2) is 18.5 Å². The van der Waals surface area contributed by atoms with E-state index in [1.807, 2.05) is 0 Å². The van der Waals surface area contributed by atoms with Gasteiger partial charge >= 0.3 is 0 Å². The van der Waals surface area contributed by atoms with Crippen molar-refractivity contribution in [1.82, 2.24) is 14.8 Å². The zero-order chi connectivity index (χ0) is 14.1. The lowest BCUT2D eigenvalue weighted by molar-refractivity contribution is 0.0762. The summed E-state index contributed by atoms with van der Waals surface area (Å²) >= 11 is 0. The second-order valence-corrected chi connectivity index (χ2v) is 5.48. The molecule has 0 aromatic carbocycles. The molecule has 2 aliphatic rings. The van der Waals surface area contributed by atoms with Gasteiger partial charge in [0.15, 0.2) is 0 Å². The zero-order valence-corrected chi connectivity index (χ0v) is 11.2. The fourth-order valence-corrected chi connectivity index (χ4v) is 3.08. The highest BCUT2D eigenvalue weighted by Gasteiger charge is 2.38. The molecule has 20 heavy (non-hydrogen) atoms. The summed E-state index contributed by atoms with van der Waals surface area (Å²) in [5.74, 6) is -0.788. The van der Waals surface area contributed by atoms with Gasteiger partial charge in [-0.05, 0) is 32.0 Å². The zero-order valence-electron chi connectivity index (χ0n) is 11.2. The molecule has 0 spiro atoms. The Morgan fingerprint density at radius 3 is 2.75 bits per heavy atom. The van der Waals surface area contributed by atoms with E-state index in [0.717, 1.165) is 32.1 Å². The summed E-state index contributed by atoms with van der Waals surface area (Å²) in [5.41, 5.74) is 0.235. The second kappa shape index (κ2) is 5.46. The molecular weight excluding hydrogens is 261 g/mol. The molecular formula is C14H18FN3O2. The van der Waals surface area contributed by atoms with E-state index in [4.69, 9.17) is 0 Å². The van der Waals surface area contributed by atoms with Crippen molar-refractivity contribution in [1.29, 1.82) is 0 Å². The van der Waals surface area contributed by atoms with Gasteiger partial charge in [-0.3, -0.25) is 14.7 Å². The molecule has 1 aromatic rings. The standard InChI is InChI=1S/C14H18FN3O2/c15-11-5-10(6-16-7-11)14(20)18-8-12(13(19)9-18)17-3-1-2-4-17/h5-7,12-13,19H,1-4,8-9H2/t12-,13-/m1/s1. The van der Waals surface area contributed by atoms with Gasteiger partial charge in [0.05, 0.1) is 23.9 Å². The van der Waals surface area contributed by atoms with Crippen LogP contribution in [0.2, 0.25) is 0 Å². The Labute approximate surface area is 117 Å². The van der Waals surface area contributed by atoms with E-state index < -0.39 is 11.9 Å². The van der Waals surface area contributed by atoms with Gasteiger partial charge in [0.25, 0.3) is 5.91 Å². The van der Waals surface area contributed by atoms with E-state index in [1.165, 1.54) is 12.3 Å². The lowest BCUT2D eigenvalue weighted by atomic mass is 10.2. The molecule has 0 aliphatic carbocycles. The molecule has 0 unspecified atom stereocenters. The van der Waals surface area contributed by atoms with Crippen molar-refractivity contribution >= 4 is 5.91 Å². The maximum Gasteiger partial charge on any atom is 0.255 e. The van der Waals surface area contributed by atoms with Crippen LogP contribution in [0.4, 0.5) is 4.39 Å². The largest absolute Gasteiger partial charge is 0.390 e. The van der Waals surface area contributed by atoms with Crippen molar-refractivity contribution in [2.45, 2.75) is 25.0 Å². The Morgan fingerprint density at radius 2 is 2.05 bits per heavy atom. The number of rotatable bonds is 2. The minimum Gasteiger partial charge on any atom is -0.390 e. The predicted octanol–water partition coefficient (Wildman–Crippen LogP) is 0.502. The Balaban J connectivity index is 1.71. The first-order valence-corrected chi connectivity index (χ1v) is 6.97. The third-order valence-electron chi connectivity index (χ3n) is 4.11. The minimum absolute atomic E-state index is 0.00275. The van der Waals surface area contributed by atoms with Gasteiger partial charge in [-0.15, -0.1) is 0 Å². The first kappa shape index (κ1) is 13.5. The van der Waals surface area contributed by atoms with Crippen LogP contribution in [0, 0.1) is 5.82 Å². The Bertz CT molecular complexity index is 505. The summed E-state index contributed by atoms with van der Waals surface area (Å²) in [5, 5.41) is 10.1. The summed E-state index contributed by atoms with van der Waals surface area (Å²) in [6.45, 7) is 2.75. The number of nitrogens with zero attached hydrogens (tertiary/aromatic N) is 3. The van der Waals surface area contributed by atoms with Crippen molar-refractivity contribution in [2.24, 2.45) is 0 Å². The second-order valence-electron chi connectivity index (χ2n) is 5.48. The first-order chi connectivity index (χ1) is 9.65. The van der Waals surface area contributed by atoms with Crippen molar-refractivity contribution in [2.75, 3.05) is 26.2 Å². The minimum atomic E-state index is -0.529. The number of aliphatic hydroxyl groups is 1. The fraction of sp³-hybridized carbons (Fsp3) is 0.571. The van der Waals surface area contributed by atoms with Crippen molar-refractivity contribution in [3.63, 3.8) is 0 Å². The van der Waals surface area contributed by atoms with Crippen LogP contribution in [0.25, 0.3) is 0 Å². The molecule has 0 bridgehead atoms. The van der Waals surface area contributed by atoms with Gasteiger partial charge in [-0.2, -0.15) is 0 Å². The number of amides is 1. The summed E-state index contributed by atoms with van der Waals surface area (Å²) in [7, 11) is 0. The predicted molar refractivity (Wildman–Crippen MR) is 70.7 cm³/mol. The van der Waals surface area contributed by atoms with Crippen molar-refractivity contribution in [3.05, 3.63) is 29.8 Å². The maximum atomic E-state index is 13.1. The van der Waals surface area contributed by atoms with Crippen LogP contribution >= 0.6 is 0 Å². The molecule has 3 rings (SSSR count). The lowest BCUT2D eigenvalue weighted by Crippen LogP contribution is -2.41. The highest BCUT2D eigenvalue weighted by atomic mass is 19.1. The van der Waals surface area contributed by atoms with E-state index in [0.29, 0.717) is 13.1 Å². The number of carbonyl (C=O) groups excluding carboxylic acids is 1. The quantitative estimate of drug-likeness (QED) is 0.856. The number of aliphatic hydroxyl groups excluding tert-OH is 1. The van der Waals surface area contributed by atoms with Crippen LogP contribution in [0.1, 0.15) is 23.2 Å². The lowest BCUT2D eigenvalue weighted by Gasteiger charge is -2.25. The number of halogens is 1. The molecule has 0 radical (unpaired) electrons. The molecule has 6 heteroatoms. The van der Waals surface area contributed by atoms with E-state index in [-0.39, 0.29) is 17.5 Å². The molecule has 2 fully saturated rings. The molecule has 0 saturated carbocycles. The smallest absolute Gasteiger partial charge is 0.255 e. The molecule has 2 atom stereocenters. The molecule has 108 valence electrons. The van der Waals surface area contributed by atoms with E-state index in [1.54, 1.807) is 4.90 Å². The average Bonchev–Trinajstić information content (AvgIpc) is 3.06. The van der Waals surface area contributed by atoms with E-state index >= 15 is 0 Å². The van der Waals surface area contributed by atoms with Crippen LogP contribution in [0.5, 0.6) is 0 Å². The number of hydrogen-bond donors (Lipinski definition) is 1. The van der Waals surface area contributed by atoms with Crippen LogP contribution in [-0.2, 0) is 0 Å². The van der Waals surface area contributed by atoms with Crippen molar-refractivity contribution in [3.8, 4) is 0 Å². The third-order valence-corrected chi connectivity index (χ3v) is 4.11. The van der Waals surface area contributed by atoms with E-state index in [9.17, 15) is 14.3 Å². The van der Waals surface area contributed by atoms with Crippen molar-refractivity contribution < 1.29 is 14.3 Å². The van der Waals surface area contributed by atoms with Gasteiger partial charge in [0, 0.05) is 19.3 Å². The molecule has 1 amide bonds. The summed E-state index contributed by atoms with van der Waals surface area (Å²) in [4.78, 5) is 19.8. The Morgan fingerprint density at radius 1 is 1.30 bits per heavy atom. The number of aromatic nitrogens is 1. The Hall–Kier alpha value is -1.53. The topological polar surface area (TPSA) is 56.7 Å². The highest BCUT2D eigenvalue weighted by molar-refractivity contribution is 5.94. The molecule has 2 aliphatic heterocycles. The van der Waals surface area contributed by atoms with Crippen LogP contribution in [-0.4, -0.2) is 64.1 Å². The normalized spacial score (nSPS) is 27.2. The molecule has 1 aromatic heterocycles. The average molecular weight is 279 g/mol. The van der Waals surface area contributed by atoms with Gasteiger partial charge < -0.3 is 10.0 Å². The number of hydrogen-bond acceptors (Lipinski definition) is 4. The number of pyridine rings is 1. The first-order valence-electron chi connectivity index (χ1n) is 6.97. The highest BCUT2D eigenvalue weighted by Crippen LogP contribution is 2.22. The summed E-state index contributed by atoms with van der Waals surface area (Å²) < 4.78 is 13.1. The maximum absolute atomic E-state index is 13.1. The number of β-amino-alcohol motifs (C(OH)–C–C–N with tert-alkyl or cyclic N) is 1. The number of carbonyl (C=O) groups is 1. The molecule has 2 saturated heterocycles. The molecule has 5 nitrogen and oxygen atoms in total. The van der Waals surface area contributed by atoms with Crippen LogP contribution < -0.4 is 0 Å². The van der Waals surface area contributed by atoms with Gasteiger partial charge in [-0.1, -0.05) is 0 Å². The van der Waals surface area contributed by atoms with Gasteiger partial charge in [0.1, 0.15) is 5.82 Å². The monoisotopic (exact) mass is 279 g/mol. The van der Waals surface area contributed by atoms with Gasteiger partial charge in [-0.25, -0.2) is 4.39 Å². The van der Waals surface area contributed by atoms with Gasteiger partial charge in [0.2, 0.25) is 0 Å². The summed E-state index contributed by atoms with van der Waals surface area (Å²) in [6, 6.07) is 1.19. The molecule has 1 N–H and O–H groups in total. The SMILES string of the molecule is O=C(c1cncc(F)c1)N1C[C@@H](O)[C@H](N2CCCC2)C1. The number of likely N-dealkylation sites (tertiary alicyclic amines) is 2. The van der Waals surface area contributed by atoms with E-state index in [2.05, 4.69) is 9.88 Å². The molecule has 3 heterocycles.